The summed E-state index contributed by atoms with van der Waals surface area (Å²) >= 11 is 13.4. The van der Waals surface area contributed by atoms with Crippen molar-refractivity contribution >= 4 is 67.0 Å². The SMILES string of the molecule is Cc1ccc(C(=O)CN(C(=O)c2ccccc2Cl)N2C(=O)[C@@H]3C[C@@H](Br)[C@@H](Br)C[C@H]3C2=O)cc1. The lowest BCUT2D eigenvalue weighted by atomic mass is 9.81. The maximum Gasteiger partial charge on any atom is 0.274 e. The summed E-state index contributed by atoms with van der Waals surface area (Å²) < 4.78 is 0. The molecule has 3 amide bonds. The van der Waals surface area contributed by atoms with Crippen LogP contribution in [-0.4, -0.2) is 49.7 Å². The number of carbonyl (C=O) groups excluding carboxylic acids is 4. The zero-order valence-corrected chi connectivity index (χ0v) is 21.6. The van der Waals surface area contributed by atoms with Crippen LogP contribution in [0.2, 0.25) is 5.02 Å². The van der Waals surface area contributed by atoms with Crippen LogP contribution in [0, 0.1) is 18.8 Å². The van der Waals surface area contributed by atoms with E-state index in [-0.39, 0.29) is 26.0 Å². The largest absolute Gasteiger partial charge is 0.292 e. The zero-order chi connectivity index (χ0) is 23.9. The standard InChI is InChI=1S/C24H21Br2ClN2O4/c1-13-6-8-14(9-7-13)21(30)12-28(22(31)15-4-2-3-5-20(15)27)29-23(32)16-10-18(25)19(26)11-17(16)24(29)33/h2-9,16-19H,10-12H2,1H3/t16-,17-,18-,19+/m1/s1. The van der Waals surface area contributed by atoms with Gasteiger partial charge in [0, 0.05) is 15.2 Å². The minimum Gasteiger partial charge on any atom is -0.292 e. The predicted octanol–water partition coefficient (Wildman–Crippen LogP) is 4.81. The van der Waals surface area contributed by atoms with Crippen LogP contribution in [0.4, 0.5) is 0 Å². The van der Waals surface area contributed by atoms with Gasteiger partial charge in [0.2, 0.25) is 0 Å². The summed E-state index contributed by atoms with van der Waals surface area (Å²) in [6.45, 7) is 1.44. The normalized spacial score (nSPS) is 24.5. The molecule has 6 nitrogen and oxygen atoms in total. The molecule has 0 spiro atoms. The monoisotopic (exact) mass is 594 g/mol. The average Bonchev–Trinajstić information content (AvgIpc) is 3.02. The molecule has 2 aromatic rings. The topological polar surface area (TPSA) is 74.8 Å². The van der Waals surface area contributed by atoms with Crippen LogP contribution in [0.15, 0.2) is 48.5 Å². The summed E-state index contributed by atoms with van der Waals surface area (Å²) in [5.41, 5.74) is 1.48. The van der Waals surface area contributed by atoms with Crippen LogP contribution >= 0.6 is 43.5 Å². The lowest BCUT2D eigenvalue weighted by molar-refractivity contribution is -0.154. The number of Topliss-reactive ketones (excluding diaryl/α,β-unsaturated/α-hetero) is 1. The Bertz CT molecular complexity index is 1100. The van der Waals surface area contributed by atoms with E-state index in [0.717, 1.165) is 15.6 Å². The van der Waals surface area contributed by atoms with Gasteiger partial charge in [-0.05, 0) is 31.9 Å². The van der Waals surface area contributed by atoms with Crippen molar-refractivity contribution in [3.63, 3.8) is 0 Å². The van der Waals surface area contributed by atoms with Crippen molar-refractivity contribution in [2.75, 3.05) is 6.54 Å². The summed E-state index contributed by atoms with van der Waals surface area (Å²) in [6, 6.07) is 13.3. The van der Waals surface area contributed by atoms with Crippen molar-refractivity contribution < 1.29 is 19.2 Å². The van der Waals surface area contributed by atoms with E-state index in [1.807, 2.05) is 6.92 Å². The third kappa shape index (κ3) is 4.66. The quantitative estimate of drug-likeness (QED) is 0.282. The maximum absolute atomic E-state index is 13.5. The molecule has 0 aromatic heterocycles. The van der Waals surface area contributed by atoms with Crippen molar-refractivity contribution in [3.05, 3.63) is 70.2 Å². The van der Waals surface area contributed by atoms with E-state index >= 15 is 0 Å². The second-order valence-electron chi connectivity index (χ2n) is 8.34. The lowest BCUT2D eigenvalue weighted by Gasteiger charge is -2.30. The number of imide groups is 1. The van der Waals surface area contributed by atoms with Gasteiger partial charge in [-0.1, -0.05) is 85.4 Å². The van der Waals surface area contributed by atoms with Crippen LogP contribution in [-0.2, 0) is 9.59 Å². The van der Waals surface area contributed by atoms with E-state index in [1.54, 1.807) is 42.5 Å². The van der Waals surface area contributed by atoms with E-state index in [0.29, 0.717) is 18.4 Å². The number of halogens is 3. The van der Waals surface area contributed by atoms with Crippen LogP contribution < -0.4 is 0 Å². The Morgan fingerprint density at radius 2 is 1.52 bits per heavy atom. The number of rotatable bonds is 5. The van der Waals surface area contributed by atoms with Gasteiger partial charge in [0.1, 0.15) is 6.54 Å². The molecule has 2 aliphatic rings. The summed E-state index contributed by atoms with van der Waals surface area (Å²) in [5, 5.41) is 2.00. The van der Waals surface area contributed by atoms with Gasteiger partial charge in [-0.25, -0.2) is 5.01 Å². The van der Waals surface area contributed by atoms with Crippen LogP contribution in [0.25, 0.3) is 0 Å². The van der Waals surface area contributed by atoms with Gasteiger partial charge >= 0.3 is 0 Å². The number of benzene rings is 2. The molecule has 1 saturated carbocycles. The molecule has 4 rings (SSSR count). The summed E-state index contributed by atoms with van der Waals surface area (Å²) in [7, 11) is 0. The molecule has 0 unspecified atom stereocenters. The molecule has 2 aromatic carbocycles. The molecule has 2 fully saturated rings. The molecule has 4 atom stereocenters. The molecule has 9 heteroatoms. The van der Waals surface area contributed by atoms with Crippen LogP contribution in [0.1, 0.15) is 39.1 Å². The summed E-state index contributed by atoms with van der Waals surface area (Å²) in [6.07, 6.45) is 0.920. The highest BCUT2D eigenvalue weighted by Crippen LogP contribution is 2.43. The third-order valence-corrected chi connectivity index (χ3v) is 9.20. The number of hydrogen-bond acceptors (Lipinski definition) is 4. The molecule has 0 N–H and O–H groups in total. The van der Waals surface area contributed by atoms with E-state index in [9.17, 15) is 19.2 Å². The van der Waals surface area contributed by atoms with Crippen molar-refractivity contribution in [1.82, 2.24) is 10.0 Å². The molecule has 0 bridgehead atoms. The Hall–Kier alpha value is -2.03. The Balaban J connectivity index is 1.71. The van der Waals surface area contributed by atoms with E-state index in [1.165, 1.54) is 6.07 Å². The van der Waals surface area contributed by atoms with E-state index < -0.39 is 36.1 Å². The van der Waals surface area contributed by atoms with Crippen molar-refractivity contribution in [1.29, 1.82) is 0 Å². The number of carbonyl (C=O) groups is 4. The van der Waals surface area contributed by atoms with Gasteiger partial charge in [0.15, 0.2) is 5.78 Å². The highest BCUT2D eigenvalue weighted by molar-refractivity contribution is 9.12. The second kappa shape index (κ2) is 9.68. The molecule has 1 heterocycles. The number of aryl methyl sites for hydroxylation is 1. The van der Waals surface area contributed by atoms with Crippen LogP contribution in [0.3, 0.4) is 0 Å². The molecular formula is C24H21Br2ClN2O4. The molecule has 1 saturated heterocycles. The Kier molecular flexibility index (Phi) is 7.07. The zero-order valence-electron chi connectivity index (χ0n) is 17.7. The number of fused-ring (bicyclic) bond motifs is 1. The number of ketones is 1. The summed E-state index contributed by atoms with van der Waals surface area (Å²) in [4.78, 5) is 53.4. The Morgan fingerprint density at radius 1 is 0.970 bits per heavy atom. The molecule has 0 radical (unpaired) electrons. The average molecular weight is 597 g/mol. The van der Waals surface area contributed by atoms with Gasteiger partial charge in [0.25, 0.3) is 17.7 Å². The van der Waals surface area contributed by atoms with Gasteiger partial charge in [0.05, 0.1) is 22.4 Å². The first-order chi connectivity index (χ1) is 15.7. The minimum absolute atomic E-state index is 0.0253. The molecular weight excluding hydrogens is 576 g/mol. The first kappa shape index (κ1) is 24.1. The fourth-order valence-electron chi connectivity index (χ4n) is 4.29. The van der Waals surface area contributed by atoms with Gasteiger partial charge < -0.3 is 0 Å². The number of amides is 3. The minimum atomic E-state index is -0.674. The maximum atomic E-state index is 13.5. The van der Waals surface area contributed by atoms with Gasteiger partial charge in [-0.15, -0.1) is 0 Å². The fraction of sp³-hybridized carbons (Fsp3) is 0.333. The van der Waals surface area contributed by atoms with Crippen molar-refractivity contribution in [2.24, 2.45) is 11.8 Å². The predicted molar refractivity (Wildman–Crippen MR) is 131 cm³/mol. The Morgan fingerprint density at radius 3 is 2.06 bits per heavy atom. The lowest BCUT2D eigenvalue weighted by Crippen LogP contribution is -2.52. The third-order valence-electron chi connectivity index (χ3n) is 6.14. The Labute approximate surface area is 213 Å². The van der Waals surface area contributed by atoms with Crippen molar-refractivity contribution in [2.45, 2.75) is 29.4 Å². The highest BCUT2D eigenvalue weighted by atomic mass is 79.9. The number of nitrogens with zero attached hydrogens (tertiary/aromatic N) is 2. The first-order valence-corrected chi connectivity index (χ1v) is 12.7. The van der Waals surface area contributed by atoms with Gasteiger partial charge in [-0.3, -0.25) is 19.2 Å². The fourth-order valence-corrected chi connectivity index (χ4v) is 5.74. The number of alkyl halides is 2. The molecule has 1 aliphatic heterocycles. The summed E-state index contributed by atoms with van der Waals surface area (Å²) in [5.74, 6) is -3.09. The second-order valence-corrected chi connectivity index (χ2v) is 11.1. The van der Waals surface area contributed by atoms with E-state index in [2.05, 4.69) is 31.9 Å². The highest BCUT2D eigenvalue weighted by Gasteiger charge is 2.54. The van der Waals surface area contributed by atoms with Crippen molar-refractivity contribution in [3.8, 4) is 0 Å². The van der Waals surface area contributed by atoms with E-state index in [4.69, 9.17) is 11.6 Å². The molecule has 33 heavy (non-hydrogen) atoms. The van der Waals surface area contributed by atoms with Gasteiger partial charge in [-0.2, -0.15) is 5.01 Å². The first-order valence-electron chi connectivity index (χ1n) is 10.5. The number of hydrogen-bond donors (Lipinski definition) is 0. The molecule has 1 aliphatic carbocycles. The van der Waals surface area contributed by atoms with Crippen LogP contribution in [0.5, 0.6) is 0 Å². The smallest absolute Gasteiger partial charge is 0.274 e. The molecule has 172 valence electrons. The number of hydrazine groups is 1.